The zero-order chi connectivity index (χ0) is 15.0. The fraction of sp³-hybridized carbons (Fsp3) is 0.417. The van der Waals surface area contributed by atoms with E-state index in [2.05, 4.69) is 0 Å². The van der Waals surface area contributed by atoms with E-state index in [1.54, 1.807) is 6.07 Å². The molecule has 1 aromatic rings. The van der Waals surface area contributed by atoms with Crippen LogP contribution in [0.2, 0.25) is 0 Å². The molecule has 1 aliphatic rings. The number of alkyl halides is 3. The monoisotopic (exact) mass is 304 g/mol. The summed E-state index contributed by atoms with van der Waals surface area (Å²) in [5.41, 5.74) is -0.152. The highest BCUT2D eigenvalue weighted by Gasteiger charge is 2.45. The third-order valence-corrected chi connectivity index (χ3v) is 4.84. The first-order valence-corrected chi connectivity index (χ1v) is 7.27. The van der Waals surface area contributed by atoms with E-state index < -0.39 is 28.8 Å². The smallest absolute Gasteiger partial charge is 0.207 e. The van der Waals surface area contributed by atoms with Gasteiger partial charge in [0.2, 0.25) is 10.0 Å². The van der Waals surface area contributed by atoms with Gasteiger partial charge in [-0.05, 0) is 25.0 Å². The molecule has 2 rings (SSSR count). The summed E-state index contributed by atoms with van der Waals surface area (Å²) in [5.74, 6) is 0. The third kappa shape index (κ3) is 3.11. The molecule has 0 aliphatic heterocycles. The first-order valence-electron chi connectivity index (χ1n) is 5.83. The van der Waals surface area contributed by atoms with Gasteiger partial charge in [-0.15, -0.1) is 0 Å². The highest BCUT2D eigenvalue weighted by molar-refractivity contribution is 7.89. The van der Waals surface area contributed by atoms with Gasteiger partial charge in [-0.3, -0.25) is 0 Å². The number of halogens is 3. The Morgan fingerprint density at radius 3 is 2.40 bits per heavy atom. The summed E-state index contributed by atoms with van der Waals surface area (Å²) in [6.45, 7) is -1.53. The lowest BCUT2D eigenvalue weighted by Crippen LogP contribution is -2.40. The van der Waals surface area contributed by atoms with E-state index in [0.29, 0.717) is 17.1 Å². The molecular formula is C12H11F3N2O2S. The number of benzene rings is 1. The van der Waals surface area contributed by atoms with Crippen LogP contribution < -0.4 is 0 Å². The zero-order valence-electron chi connectivity index (χ0n) is 10.3. The molecule has 0 radical (unpaired) electrons. The first kappa shape index (κ1) is 14.8. The van der Waals surface area contributed by atoms with Crippen LogP contribution in [0.15, 0.2) is 29.2 Å². The van der Waals surface area contributed by atoms with E-state index in [-0.39, 0.29) is 10.5 Å². The number of hydrogen-bond acceptors (Lipinski definition) is 3. The molecule has 0 aromatic heterocycles. The first-order chi connectivity index (χ1) is 9.25. The van der Waals surface area contributed by atoms with Crippen LogP contribution >= 0.6 is 0 Å². The van der Waals surface area contributed by atoms with Crippen molar-refractivity contribution in [2.24, 2.45) is 0 Å². The third-order valence-electron chi connectivity index (χ3n) is 2.88. The molecular weight excluding hydrogens is 293 g/mol. The topological polar surface area (TPSA) is 61.2 Å². The molecule has 1 aliphatic carbocycles. The van der Waals surface area contributed by atoms with Crippen molar-refractivity contribution < 1.29 is 21.6 Å². The Labute approximate surface area is 114 Å². The SMILES string of the molecule is N#Cc1ccccc1S(=O)(=O)N(CC(F)(F)F)C1CC1. The summed E-state index contributed by atoms with van der Waals surface area (Å²) in [7, 11) is -4.32. The van der Waals surface area contributed by atoms with Crippen LogP contribution in [-0.4, -0.2) is 31.5 Å². The minimum atomic E-state index is -4.61. The number of nitriles is 1. The van der Waals surface area contributed by atoms with Crippen molar-refractivity contribution >= 4 is 10.0 Å². The Morgan fingerprint density at radius 1 is 1.30 bits per heavy atom. The Bertz CT molecular complexity index is 645. The fourth-order valence-electron chi connectivity index (χ4n) is 1.86. The molecule has 0 heterocycles. The van der Waals surface area contributed by atoms with Gasteiger partial charge >= 0.3 is 6.18 Å². The van der Waals surface area contributed by atoms with Gasteiger partial charge in [-0.1, -0.05) is 12.1 Å². The summed E-state index contributed by atoms with van der Waals surface area (Å²) >= 11 is 0. The van der Waals surface area contributed by atoms with Gasteiger partial charge in [0.15, 0.2) is 0 Å². The second kappa shape index (κ2) is 5.07. The average molecular weight is 304 g/mol. The summed E-state index contributed by atoms with van der Waals surface area (Å²) in [4.78, 5) is -0.376. The van der Waals surface area contributed by atoms with Crippen LogP contribution in [0.5, 0.6) is 0 Å². The predicted molar refractivity (Wildman–Crippen MR) is 64.1 cm³/mol. The Kier molecular flexibility index (Phi) is 3.75. The maximum atomic E-state index is 12.6. The van der Waals surface area contributed by atoms with Crippen molar-refractivity contribution in [2.75, 3.05) is 6.54 Å². The Hall–Kier alpha value is -1.59. The van der Waals surface area contributed by atoms with Crippen molar-refractivity contribution in [3.05, 3.63) is 29.8 Å². The Morgan fingerprint density at radius 2 is 1.90 bits per heavy atom. The van der Waals surface area contributed by atoms with Crippen molar-refractivity contribution in [2.45, 2.75) is 30.0 Å². The molecule has 8 heteroatoms. The molecule has 108 valence electrons. The van der Waals surface area contributed by atoms with Crippen LogP contribution in [0, 0.1) is 11.3 Å². The van der Waals surface area contributed by atoms with Gasteiger partial charge in [-0.25, -0.2) is 8.42 Å². The van der Waals surface area contributed by atoms with Crippen molar-refractivity contribution in [1.82, 2.24) is 4.31 Å². The molecule has 0 N–H and O–H groups in total. The van der Waals surface area contributed by atoms with Crippen molar-refractivity contribution in [3.8, 4) is 6.07 Å². The standard InChI is InChI=1S/C12H11F3N2O2S/c13-12(14,15)8-17(10-5-6-10)20(18,19)11-4-2-1-3-9(11)7-16/h1-4,10H,5-6,8H2. The lowest BCUT2D eigenvalue weighted by molar-refractivity contribution is -0.137. The number of hydrogen-bond donors (Lipinski definition) is 0. The lowest BCUT2D eigenvalue weighted by atomic mass is 10.2. The molecule has 0 spiro atoms. The van der Waals surface area contributed by atoms with E-state index in [0.717, 1.165) is 6.07 Å². The minimum Gasteiger partial charge on any atom is -0.207 e. The van der Waals surface area contributed by atoms with E-state index in [1.165, 1.54) is 18.2 Å². The van der Waals surface area contributed by atoms with Crippen LogP contribution in [0.4, 0.5) is 13.2 Å². The highest BCUT2D eigenvalue weighted by Crippen LogP contribution is 2.35. The second-order valence-corrected chi connectivity index (χ2v) is 6.36. The summed E-state index contributed by atoms with van der Waals surface area (Å²) in [6, 6.07) is 6.32. The molecule has 0 saturated heterocycles. The van der Waals surface area contributed by atoms with Crippen LogP contribution in [0.3, 0.4) is 0 Å². The number of nitrogens with zero attached hydrogens (tertiary/aromatic N) is 2. The maximum Gasteiger partial charge on any atom is 0.402 e. The largest absolute Gasteiger partial charge is 0.402 e. The molecule has 0 amide bonds. The van der Waals surface area contributed by atoms with E-state index in [4.69, 9.17) is 5.26 Å². The number of rotatable bonds is 4. The molecule has 0 unspecified atom stereocenters. The molecule has 0 bridgehead atoms. The van der Waals surface area contributed by atoms with Crippen molar-refractivity contribution in [3.63, 3.8) is 0 Å². The number of sulfonamides is 1. The maximum absolute atomic E-state index is 12.6. The van der Waals surface area contributed by atoms with E-state index in [1.807, 2.05) is 0 Å². The van der Waals surface area contributed by atoms with E-state index >= 15 is 0 Å². The minimum absolute atomic E-state index is 0.152. The molecule has 1 aromatic carbocycles. The second-order valence-electron chi connectivity index (χ2n) is 4.50. The van der Waals surface area contributed by atoms with Crippen LogP contribution in [-0.2, 0) is 10.0 Å². The summed E-state index contributed by atoms with van der Waals surface area (Å²) in [6.07, 6.45) is -3.80. The van der Waals surface area contributed by atoms with Gasteiger partial charge in [0.1, 0.15) is 12.6 Å². The molecule has 20 heavy (non-hydrogen) atoms. The average Bonchev–Trinajstić information content (AvgIpc) is 3.19. The van der Waals surface area contributed by atoms with Gasteiger partial charge in [0.25, 0.3) is 0 Å². The lowest BCUT2D eigenvalue weighted by Gasteiger charge is -2.23. The molecule has 0 atom stereocenters. The Balaban J connectivity index is 2.44. The van der Waals surface area contributed by atoms with Gasteiger partial charge < -0.3 is 0 Å². The quantitative estimate of drug-likeness (QED) is 0.857. The zero-order valence-corrected chi connectivity index (χ0v) is 11.1. The van der Waals surface area contributed by atoms with E-state index in [9.17, 15) is 21.6 Å². The predicted octanol–water partition coefficient (Wildman–Crippen LogP) is 2.27. The normalized spacial score (nSPS) is 16.1. The summed E-state index contributed by atoms with van der Waals surface area (Å²) in [5, 5.41) is 8.90. The van der Waals surface area contributed by atoms with Crippen molar-refractivity contribution in [1.29, 1.82) is 5.26 Å². The van der Waals surface area contributed by atoms with Crippen LogP contribution in [0.25, 0.3) is 0 Å². The van der Waals surface area contributed by atoms with Gasteiger partial charge in [-0.2, -0.15) is 22.7 Å². The fourth-order valence-corrected chi connectivity index (χ4v) is 3.67. The van der Waals surface area contributed by atoms with Crippen LogP contribution in [0.1, 0.15) is 18.4 Å². The summed E-state index contributed by atoms with van der Waals surface area (Å²) < 4.78 is 62.8. The molecule has 1 fully saturated rings. The molecule has 4 nitrogen and oxygen atoms in total. The highest BCUT2D eigenvalue weighted by atomic mass is 32.2. The van der Waals surface area contributed by atoms with Gasteiger partial charge in [0, 0.05) is 6.04 Å². The van der Waals surface area contributed by atoms with Gasteiger partial charge in [0.05, 0.1) is 10.5 Å². The molecule has 1 saturated carbocycles.